The van der Waals surface area contributed by atoms with E-state index in [-0.39, 0.29) is 0 Å². The Bertz CT molecular complexity index is 1150. The second-order valence-electron chi connectivity index (χ2n) is 7.47. The molecule has 2 nitrogen and oxygen atoms in total. The second kappa shape index (κ2) is 8.99. The van der Waals surface area contributed by atoms with Crippen LogP contribution < -0.4 is 0 Å². The molecule has 0 spiro atoms. The molecule has 3 aromatic rings. The number of hydrogen-bond donors (Lipinski definition) is 0. The average molecular weight is 435 g/mol. The van der Waals surface area contributed by atoms with E-state index in [1.54, 1.807) is 0 Å². The van der Waals surface area contributed by atoms with Gasteiger partial charge in [0, 0.05) is 13.1 Å². The Balaban J connectivity index is 1.50. The van der Waals surface area contributed by atoms with E-state index in [9.17, 15) is 0 Å². The average Bonchev–Trinajstić information content (AvgIpc) is 3.02. The van der Waals surface area contributed by atoms with Crippen molar-refractivity contribution in [3.63, 3.8) is 0 Å². The molecule has 0 saturated heterocycles. The highest BCUT2D eigenvalue weighted by molar-refractivity contribution is 6.38. The SMILES string of the molecule is C=Cc1cc(CN2CN(Cc3ccc4ccccc4c3)C(Cl)=C2Cl)ccc1/C=C\C. The van der Waals surface area contributed by atoms with Crippen molar-refractivity contribution in [2.45, 2.75) is 20.0 Å². The molecule has 0 aromatic heterocycles. The molecule has 0 N–H and O–H groups in total. The Morgan fingerprint density at radius 2 is 1.47 bits per heavy atom. The summed E-state index contributed by atoms with van der Waals surface area (Å²) in [4.78, 5) is 4.21. The van der Waals surface area contributed by atoms with E-state index in [0.29, 0.717) is 30.1 Å². The predicted octanol–water partition coefficient (Wildman–Crippen LogP) is 7.40. The Morgan fingerprint density at radius 3 is 2.13 bits per heavy atom. The van der Waals surface area contributed by atoms with Gasteiger partial charge in [0.05, 0.1) is 6.67 Å². The highest BCUT2D eigenvalue weighted by Gasteiger charge is 2.27. The van der Waals surface area contributed by atoms with Crippen LogP contribution in [0.1, 0.15) is 29.2 Å². The van der Waals surface area contributed by atoms with Crippen molar-refractivity contribution >= 4 is 46.1 Å². The van der Waals surface area contributed by atoms with E-state index in [2.05, 4.69) is 83.1 Å². The van der Waals surface area contributed by atoms with Crippen LogP contribution in [-0.2, 0) is 13.1 Å². The van der Waals surface area contributed by atoms with Crippen molar-refractivity contribution in [2.24, 2.45) is 0 Å². The number of allylic oxidation sites excluding steroid dienone is 1. The monoisotopic (exact) mass is 434 g/mol. The summed E-state index contributed by atoms with van der Waals surface area (Å²) in [6.07, 6.45) is 6.01. The minimum atomic E-state index is 0.593. The fourth-order valence-corrected chi connectivity index (χ4v) is 4.30. The van der Waals surface area contributed by atoms with Crippen molar-refractivity contribution in [3.8, 4) is 0 Å². The van der Waals surface area contributed by atoms with Crippen molar-refractivity contribution in [2.75, 3.05) is 6.67 Å². The first-order valence-corrected chi connectivity index (χ1v) is 10.8. The first-order chi connectivity index (χ1) is 14.6. The van der Waals surface area contributed by atoms with Crippen molar-refractivity contribution in [3.05, 3.63) is 106 Å². The van der Waals surface area contributed by atoms with E-state index >= 15 is 0 Å². The summed E-state index contributed by atoms with van der Waals surface area (Å²) in [5, 5.41) is 3.66. The lowest BCUT2D eigenvalue weighted by Gasteiger charge is -2.23. The standard InChI is InChI=1S/C26H24Cl2N2/c1-3-7-22-12-10-19(14-21(22)4-2)16-29-18-30(26(28)25(29)27)17-20-11-13-23-8-5-6-9-24(23)15-20/h3-15H,2,16-18H2,1H3/b7-3-. The van der Waals surface area contributed by atoms with Crippen LogP contribution in [0.3, 0.4) is 0 Å². The molecular weight excluding hydrogens is 411 g/mol. The summed E-state index contributed by atoms with van der Waals surface area (Å²) in [5.41, 5.74) is 4.66. The van der Waals surface area contributed by atoms with Gasteiger partial charge in [0.25, 0.3) is 0 Å². The molecule has 30 heavy (non-hydrogen) atoms. The molecule has 0 atom stereocenters. The van der Waals surface area contributed by atoms with Gasteiger partial charge in [-0.2, -0.15) is 0 Å². The highest BCUT2D eigenvalue weighted by atomic mass is 35.5. The van der Waals surface area contributed by atoms with Gasteiger partial charge in [-0.05, 0) is 52.1 Å². The van der Waals surface area contributed by atoms with Crippen LogP contribution in [-0.4, -0.2) is 16.5 Å². The van der Waals surface area contributed by atoms with Crippen LogP contribution in [0.5, 0.6) is 0 Å². The maximum atomic E-state index is 6.59. The van der Waals surface area contributed by atoms with E-state index in [1.165, 1.54) is 21.9 Å². The van der Waals surface area contributed by atoms with Crippen LogP contribution in [0, 0.1) is 0 Å². The molecule has 0 bridgehead atoms. The Morgan fingerprint density at radius 1 is 0.833 bits per heavy atom. The normalized spacial score (nSPS) is 14.4. The number of rotatable bonds is 6. The summed E-state index contributed by atoms with van der Waals surface area (Å²) in [5.74, 6) is 0. The maximum Gasteiger partial charge on any atom is 0.142 e. The summed E-state index contributed by atoms with van der Waals surface area (Å²) in [6.45, 7) is 8.03. The van der Waals surface area contributed by atoms with Crippen LogP contribution in [0.15, 0.2) is 83.6 Å². The molecular formula is C26H24Cl2N2. The Hall–Kier alpha value is -2.68. The molecule has 152 valence electrons. The van der Waals surface area contributed by atoms with E-state index in [4.69, 9.17) is 23.2 Å². The molecule has 0 aliphatic carbocycles. The van der Waals surface area contributed by atoms with Gasteiger partial charge >= 0.3 is 0 Å². The number of benzene rings is 3. The smallest absolute Gasteiger partial charge is 0.142 e. The predicted molar refractivity (Wildman–Crippen MR) is 130 cm³/mol. The lowest BCUT2D eigenvalue weighted by atomic mass is 10.0. The van der Waals surface area contributed by atoms with Gasteiger partial charge in [0.1, 0.15) is 10.3 Å². The van der Waals surface area contributed by atoms with E-state index < -0.39 is 0 Å². The quantitative estimate of drug-likeness (QED) is 0.372. The molecule has 0 radical (unpaired) electrons. The van der Waals surface area contributed by atoms with Crippen LogP contribution in [0.25, 0.3) is 22.9 Å². The molecule has 0 fully saturated rings. The van der Waals surface area contributed by atoms with Crippen LogP contribution in [0.4, 0.5) is 0 Å². The van der Waals surface area contributed by atoms with Gasteiger partial charge in [-0.25, -0.2) is 0 Å². The number of hydrogen-bond acceptors (Lipinski definition) is 2. The fraction of sp³-hybridized carbons (Fsp3) is 0.154. The van der Waals surface area contributed by atoms with Gasteiger partial charge in [-0.15, -0.1) is 0 Å². The van der Waals surface area contributed by atoms with Crippen molar-refractivity contribution in [1.29, 1.82) is 0 Å². The minimum Gasteiger partial charge on any atom is -0.338 e. The third-order valence-corrected chi connectivity index (χ3v) is 6.28. The number of nitrogens with zero attached hydrogens (tertiary/aromatic N) is 2. The Labute approximate surface area is 188 Å². The number of fused-ring (bicyclic) bond motifs is 1. The third-order valence-electron chi connectivity index (χ3n) is 5.35. The zero-order valence-electron chi connectivity index (χ0n) is 17.0. The molecule has 3 aromatic carbocycles. The van der Waals surface area contributed by atoms with Crippen molar-refractivity contribution in [1.82, 2.24) is 9.80 Å². The van der Waals surface area contributed by atoms with Crippen LogP contribution >= 0.6 is 23.2 Å². The molecule has 4 heteroatoms. The summed E-state index contributed by atoms with van der Waals surface area (Å²) in [6, 6.07) is 21.3. The second-order valence-corrected chi connectivity index (χ2v) is 8.18. The molecule has 4 rings (SSSR count). The minimum absolute atomic E-state index is 0.593. The summed E-state index contributed by atoms with van der Waals surface area (Å²) < 4.78 is 0. The lowest BCUT2D eigenvalue weighted by Crippen LogP contribution is -2.26. The third kappa shape index (κ3) is 4.26. The highest BCUT2D eigenvalue weighted by Crippen LogP contribution is 2.33. The van der Waals surface area contributed by atoms with E-state index in [0.717, 1.165) is 11.1 Å². The van der Waals surface area contributed by atoms with Gasteiger partial charge in [0.15, 0.2) is 0 Å². The first kappa shape index (κ1) is 20.6. The number of halogens is 2. The zero-order chi connectivity index (χ0) is 21.1. The first-order valence-electron chi connectivity index (χ1n) is 10.00. The maximum absolute atomic E-state index is 6.59. The van der Waals surface area contributed by atoms with Gasteiger partial charge in [-0.1, -0.05) is 96.5 Å². The summed E-state index contributed by atoms with van der Waals surface area (Å²) in [7, 11) is 0. The molecule has 0 amide bonds. The zero-order valence-corrected chi connectivity index (χ0v) is 18.5. The molecule has 1 aliphatic heterocycles. The topological polar surface area (TPSA) is 6.48 Å². The largest absolute Gasteiger partial charge is 0.338 e. The van der Waals surface area contributed by atoms with Crippen molar-refractivity contribution < 1.29 is 0 Å². The van der Waals surface area contributed by atoms with Gasteiger partial charge in [-0.3, -0.25) is 0 Å². The molecule has 1 aliphatic rings. The molecule has 1 heterocycles. The fourth-order valence-electron chi connectivity index (χ4n) is 3.84. The van der Waals surface area contributed by atoms with Gasteiger partial charge < -0.3 is 9.80 Å². The molecule has 0 saturated carbocycles. The molecule has 0 unspecified atom stereocenters. The van der Waals surface area contributed by atoms with Gasteiger partial charge in [0.2, 0.25) is 0 Å². The van der Waals surface area contributed by atoms with Crippen LogP contribution in [0.2, 0.25) is 0 Å². The lowest BCUT2D eigenvalue weighted by molar-refractivity contribution is 0.248. The van der Waals surface area contributed by atoms with E-state index in [1.807, 2.05) is 19.1 Å². The summed E-state index contributed by atoms with van der Waals surface area (Å²) >= 11 is 13.2. The Kier molecular flexibility index (Phi) is 6.17.